The maximum absolute atomic E-state index is 11.5. The lowest BCUT2D eigenvalue weighted by Crippen LogP contribution is -2.12. The van der Waals surface area contributed by atoms with Crippen LogP contribution in [0.3, 0.4) is 0 Å². The van der Waals surface area contributed by atoms with Crippen molar-refractivity contribution in [2.45, 2.75) is 12.8 Å². The van der Waals surface area contributed by atoms with E-state index in [-0.39, 0.29) is 5.92 Å². The molecule has 0 radical (unpaired) electrons. The Morgan fingerprint density at radius 3 is 2.92 bits per heavy atom. The van der Waals surface area contributed by atoms with Crippen LogP contribution in [0.15, 0.2) is 36.5 Å². The van der Waals surface area contributed by atoms with Crippen LogP contribution in [0.1, 0.15) is 12.8 Å². The van der Waals surface area contributed by atoms with Crippen molar-refractivity contribution in [3.05, 3.63) is 36.5 Å². The molecule has 2 atom stereocenters. The van der Waals surface area contributed by atoms with E-state index in [9.17, 15) is 4.79 Å². The van der Waals surface area contributed by atoms with E-state index in [1.54, 1.807) is 0 Å². The molecule has 0 aromatic heterocycles. The Labute approximate surface area is 72.5 Å². The van der Waals surface area contributed by atoms with Crippen LogP contribution in [0.5, 0.6) is 0 Å². The zero-order valence-electron chi connectivity index (χ0n) is 6.94. The zero-order valence-corrected chi connectivity index (χ0v) is 6.94. The topological polar surface area (TPSA) is 17.1 Å². The molecule has 0 saturated carbocycles. The Balaban J connectivity index is 2.35. The maximum atomic E-state index is 11.5. The molecule has 0 fully saturated rings. The van der Waals surface area contributed by atoms with E-state index in [0.717, 1.165) is 6.42 Å². The van der Waals surface area contributed by atoms with E-state index >= 15 is 0 Å². The van der Waals surface area contributed by atoms with Crippen LogP contribution >= 0.6 is 0 Å². The minimum atomic E-state index is 0.0416. The first-order valence-corrected chi connectivity index (χ1v) is 4.40. The molecule has 0 heterocycles. The fourth-order valence-corrected chi connectivity index (χ4v) is 1.71. The third-order valence-electron chi connectivity index (χ3n) is 2.43. The SMILES string of the molecule is O=C1C[C@@H]2C=C/C=C\[C@H]1C=CC2. The smallest absolute Gasteiger partial charge is 0.144 e. The monoisotopic (exact) mass is 160 g/mol. The van der Waals surface area contributed by atoms with Crippen molar-refractivity contribution >= 4 is 5.78 Å². The van der Waals surface area contributed by atoms with Crippen molar-refractivity contribution in [1.82, 2.24) is 0 Å². The number of fused-ring (bicyclic) bond motifs is 3. The highest BCUT2D eigenvalue weighted by Gasteiger charge is 2.20. The molecule has 2 rings (SSSR count). The van der Waals surface area contributed by atoms with E-state index in [4.69, 9.17) is 0 Å². The summed E-state index contributed by atoms with van der Waals surface area (Å²) in [6.45, 7) is 0. The number of rotatable bonds is 0. The van der Waals surface area contributed by atoms with Gasteiger partial charge in [0.25, 0.3) is 0 Å². The van der Waals surface area contributed by atoms with Crippen molar-refractivity contribution in [2.24, 2.45) is 11.8 Å². The molecule has 1 heteroatoms. The molecule has 0 aromatic rings. The molecular weight excluding hydrogens is 148 g/mol. The Bertz CT molecular complexity index is 271. The highest BCUT2D eigenvalue weighted by Crippen LogP contribution is 2.23. The first-order valence-electron chi connectivity index (χ1n) is 4.40. The molecule has 2 aliphatic rings. The molecule has 0 aliphatic heterocycles. The summed E-state index contributed by atoms with van der Waals surface area (Å²) in [5.41, 5.74) is 0. The second-order valence-corrected chi connectivity index (χ2v) is 3.39. The predicted molar refractivity (Wildman–Crippen MR) is 48.6 cm³/mol. The summed E-state index contributed by atoms with van der Waals surface area (Å²) < 4.78 is 0. The zero-order chi connectivity index (χ0) is 8.39. The summed E-state index contributed by atoms with van der Waals surface area (Å²) >= 11 is 0. The minimum absolute atomic E-state index is 0.0416. The van der Waals surface area contributed by atoms with Gasteiger partial charge < -0.3 is 0 Å². The van der Waals surface area contributed by atoms with Gasteiger partial charge in [-0.1, -0.05) is 36.5 Å². The number of hydrogen-bond donors (Lipinski definition) is 0. The Kier molecular flexibility index (Phi) is 1.94. The van der Waals surface area contributed by atoms with Gasteiger partial charge in [-0.2, -0.15) is 0 Å². The standard InChI is InChI=1S/C11H12O/c12-11-8-9-4-1-2-6-10(11)7-3-5-9/h1-4,6-7,9-10H,5,8H2/b4-1?,6-2-/t9-,10+/m1/s1. The number of carbonyl (C=O) groups is 1. The second kappa shape index (κ2) is 3.10. The quantitative estimate of drug-likeness (QED) is 0.497. The molecule has 0 saturated heterocycles. The van der Waals surface area contributed by atoms with Gasteiger partial charge >= 0.3 is 0 Å². The van der Waals surface area contributed by atoms with Gasteiger partial charge in [0.1, 0.15) is 5.78 Å². The van der Waals surface area contributed by atoms with Crippen molar-refractivity contribution < 1.29 is 4.79 Å². The Morgan fingerprint density at radius 1 is 1.17 bits per heavy atom. The summed E-state index contributed by atoms with van der Waals surface area (Å²) in [4.78, 5) is 11.5. The molecular formula is C11H12O. The number of allylic oxidation sites excluding steroid dienone is 6. The summed E-state index contributed by atoms with van der Waals surface area (Å²) in [6.07, 6.45) is 14.0. The minimum Gasteiger partial charge on any atom is -0.299 e. The first-order chi connectivity index (χ1) is 5.86. The van der Waals surface area contributed by atoms with Crippen LogP contribution in [0.4, 0.5) is 0 Å². The molecule has 0 amide bonds. The molecule has 0 unspecified atom stereocenters. The molecule has 12 heavy (non-hydrogen) atoms. The van der Waals surface area contributed by atoms with Crippen molar-refractivity contribution in [3.63, 3.8) is 0 Å². The van der Waals surface area contributed by atoms with E-state index in [1.165, 1.54) is 0 Å². The Morgan fingerprint density at radius 2 is 2.00 bits per heavy atom. The van der Waals surface area contributed by atoms with E-state index in [0.29, 0.717) is 18.1 Å². The molecule has 1 nitrogen and oxygen atoms in total. The van der Waals surface area contributed by atoms with Crippen LogP contribution in [0, 0.1) is 11.8 Å². The molecule has 2 bridgehead atoms. The van der Waals surface area contributed by atoms with Crippen LogP contribution in [-0.4, -0.2) is 5.78 Å². The highest BCUT2D eigenvalue weighted by molar-refractivity contribution is 5.85. The van der Waals surface area contributed by atoms with Gasteiger partial charge in [0.2, 0.25) is 0 Å². The number of ketones is 1. The van der Waals surface area contributed by atoms with Gasteiger partial charge in [-0.15, -0.1) is 0 Å². The van der Waals surface area contributed by atoms with E-state index < -0.39 is 0 Å². The van der Waals surface area contributed by atoms with Gasteiger partial charge in [-0.25, -0.2) is 0 Å². The predicted octanol–water partition coefficient (Wildman–Crippen LogP) is 2.26. The first kappa shape index (κ1) is 7.53. The number of hydrogen-bond acceptors (Lipinski definition) is 1. The molecule has 0 spiro atoms. The molecule has 0 N–H and O–H groups in total. The number of Topliss-reactive ketones (excluding diaryl/α,β-unsaturated/α-hetero) is 1. The summed E-state index contributed by atoms with van der Waals surface area (Å²) in [6, 6.07) is 0. The summed E-state index contributed by atoms with van der Waals surface area (Å²) in [5.74, 6) is 0.831. The molecule has 62 valence electrons. The lowest BCUT2D eigenvalue weighted by atomic mass is 9.94. The largest absolute Gasteiger partial charge is 0.299 e. The van der Waals surface area contributed by atoms with Crippen molar-refractivity contribution in [3.8, 4) is 0 Å². The van der Waals surface area contributed by atoms with E-state index in [2.05, 4.69) is 18.2 Å². The normalized spacial score (nSPS) is 35.8. The van der Waals surface area contributed by atoms with Gasteiger partial charge in [-0.3, -0.25) is 4.79 Å². The van der Waals surface area contributed by atoms with Crippen LogP contribution < -0.4 is 0 Å². The Hall–Kier alpha value is -1.11. The molecule has 0 aromatic carbocycles. The lowest BCUT2D eigenvalue weighted by Gasteiger charge is -2.10. The van der Waals surface area contributed by atoms with Crippen LogP contribution in [0.2, 0.25) is 0 Å². The van der Waals surface area contributed by atoms with Crippen molar-refractivity contribution in [2.75, 3.05) is 0 Å². The second-order valence-electron chi connectivity index (χ2n) is 3.39. The fourth-order valence-electron chi connectivity index (χ4n) is 1.71. The lowest BCUT2D eigenvalue weighted by molar-refractivity contribution is -0.120. The molecule has 2 aliphatic carbocycles. The van der Waals surface area contributed by atoms with E-state index in [1.807, 2.05) is 18.2 Å². The summed E-state index contributed by atoms with van der Waals surface area (Å²) in [7, 11) is 0. The van der Waals surface area contributed by atoms with Gasteiger partial charge in [0.05, 0.1) is 5.92 Å². The van der Waals surface area contributed by atoms with Crippen molar-refractivity contribution in [1.29, 1.82) is 0 Å². The van der Waals surface area contributed by atoms with Crippen LogP contribution in [0.25, 0.3) is 0 Å². The van der Waals surface area contributed by atoms with Gasteiger partial charge in [0, 0.05) is 6.42 Å². The van der Waals surface area contributed by atoms with Gasteiger partial charge in [-0.05, 0) is 12.3 Å². The highest BCUT2D eigenvalue weighted by atomic mass is 16.1. The summed E-state index contributed by atoms with van der Waals surface area (Å²) in [5, 5.41) is 0. The third kappa shape index (κ3) is 1.40. The third-order valence-corrected chi connectivity index (χ3v) is 2.43. The van der Waals surface area contributed by atoms with Crippen LogP contribution in [-0.2, 0) is 4.79 Å². The number of carbonyl (C=O) groups excluding carboxylic acids is 1. The average molecular weight is 160 g/mol. The average Bonchev–Trinajstić information content (AvgIpc) is 2.18. The fraction of sp³-hybridized carbons (Fsp3) is 0.364. The maximum Gasteiger partial charge on any atom is 0.144 e. The van der Waals surface area contributed by atoms with Gasteiger partial charge in [0.15, 0.2) is 0 Å².